The number of hydrogen-bond acceptors (Lipinski definition) is 15. The van der Waals surface area contributed by atoms with Crippen molar-refractivity contribution in [3.8, 4) is 0 Å². The first-order valence-electron chi connectivity index (χ1n) is 32.4. The number of nitrogens with two attached hydrogens (primary N) is 3. The van der Waals surface area contributed by atoms with Crippen LogP contribution in [-0.4, -0.2) is 121 Å². The molecule has 11 aromatic carbocycles. The molecule has 0 saturated carbocycles. The third-order valence-electron chi connectivity index (χ3n) is 18.0. The van der Waals surface area contributed by atoms with Gasteiger partial charge < -0.3 is 76.4 Å². The quantitative estimate of drug-likeness (QED) is 0.0243. The predicted octanol–water partition coefficient (Wildman–Crippen LogP) is 2.90. The van der Waals surface area contributed by atoms with Crippen LogP contribution in [0.3, 0.4) is 0 Å². The van der Waals surface area contributed by atoms with Gasteiger partial charge in [0.05, 0.1) is 37.9 Å². The Hall–Kier alpha value is -10.0. The summed E-state index contributed by atoms with van der Waals surface area (Å²) in [6.07, 6.45) is 0.734. The Balaban J connectivity index is 0.000000164. The summed E-state index contributed by atoms with van der Waals surface area (Å²) in [6, 6.07) is 64.2. The maximum atomic E-state index is 12.8. The van der Waals surface area contributed by atoms with E-state index in [0.717, 1.165) is 90.1 Å². The predicted molar refractivity (Wildman–Crippen MR) is 406 cm³/mol. The van der Waals surface area contributed by atoms with Crippen LogP contribution in [0.25, 0.3) is 98.0 Å². The van der Waals surface area contributed by atoms with Gasteiger partial charge in [-0.3, -0.25) is 14.4 Å². The summed E-state index contributed by atoms with van der Waals surface area (Å²) >= 11 is 0. The standard InChI is InChI=1S/C21H20NO.C17H19N3.C15H16N4.C14H10O7S.C13H11N3.B.2ClH.Na/c1-22(2,3)13-19(23)17-11-9-16-8-7-14-5-4-6-15-10-12-18(17)21(16)20(14)15;1-19(2)14-7-5-12-9-13-6-8-15(20(3)4)11-17(13)18-16(12)10-14;1-9-5-13-15(7-11(9)16)19-14-6-10(8-17-2)3-4-12(14)18-13;15-11-6-3-1-2-4-7(6)12(16)10-8(11)5-9(22(19,20)21)13(17)14(10)18;14-10-3-1-8-5-9-2-4-11(15)7-13(9)16-12(8)6-10;;;;/h4-12H,13H2,1-3H3;5-11H,1-4H3;3-7,17H,8,16H2,1-2H3;1-5,8,10,17-18H,(H,19,20,21);1-7H,14-15H2;;2*1H;/q+1;;;;;;;;+1. The number of aromatic nitrogens is 4. The molecule has 16 rings (SSSR count). The summed E-state index contributed by atoms with van der Waals surface area (Å²) in [5.41, 5.74) is 33.7. The zero-order chi connectivity index (χ0) is 71.2. The molecule has 0 bridgehead atoms. The maximum Gasteiger partial charge on any atom is 1.00 e. The van der Waals surface area contributed by atoms with Crippen molar-refractivity contribution in [3.05, 3.63) is 244 Å². The maximum absolute atomic E-state index is 12.8. The zero-order valence-electron chi connectivity index (χ0n) is 59.2. The number of nitrogen functional groups attached to an aromatic ring is 3. The number of allylic oxidation sites excluding steroid dienone is 2. The molecule has 24 heteroatoms. The molecule has 2 atom stereocenters. The molecule has 3 heterocycles. The van der Waals surface area contributed by atoms with Gasteiger partial charge in [-0.1, -0.05) is 84.9 Å². The smallest absolute Gasteiger partial charge is 1.00 e. The van der Waals surface area contributed by atoms with Crippen molar-refractivity contribution in [2.45, 2.75) is 13.5 Å². The van der Waals surface area contributed by atoms with Crippen LogP contribution in [0.15, 0.2) is 217 Å². The number of carbonyl (C=O) groups is 3. The van der Waals surface area contributed by atoms with E-state index in [4.69, 9.17) is 17.2 Å². The van der Waals surface area contributed by atoms with Crippen LogP contribution in [0, 0.1) is 18.8 Å². The fraction of sp³-hybridized carbons (Fsp3) is 0.163. The third-order valence-corrected chi connectivity index (χ3v) is 18.8. The number of H-pyrrole nitrogens is 3. The fourth-order valence-corrected chi connectivity index (χ4v) is 13.5. The monoisotopic (exact) mass is 1460 g/mol. The summed E-state index contributed by atoms with van der Waals surface area (Å²) in [5.74, 6) is -5.94. The number of aromatic amines is 3. The van der Waals surface area contributed by atoms with Crippen LogP contribution in [0.4, 0.5) is 28.4 Å². The zero-order valence-corrected chi connectivity index (χ0v) is 63.6. The number of hydrogen-bond donors (Lipinski definition) is 6. The van der Waals surface area contributed by atoms with Gasteiger partial charge in [0.25, 0.3) is 0 Å². The summed E-state index contributed by atoms with van der Waals surface area (Å²) in [5, 5.41) is 34.7. The number of anilines is 5. The van der Waals surface area contributed by atoms with Crippen molar-refractivity contribution in [3.63, 3.8) is 0 Å². The number of nitrogens with one attached hydrogen (secondary N) is 4. The van der Waals surface area contributed by atoms with Gasteiger partial charge >= 0.3 is 29.6 Å². The van der Waals surface area contributed by atoms with Gasteiger partial charge in [0.2, 0.25) is 38.9 Å². The van der Waals surface area contributed by atoms with E-state index in [1.54, 1.807) is 0 Å². The minimum Gasteiger partial charge on any atom is -1.00 e. The van der Waals surface area contributed by atoms with E-state index in [9.17, 15) is 37.6 Å². The third kappa shape index (κ3) is 16.8. The molecule has 2 aliphatic carbocycles. The Morgan fingerprint density at radius 1 is 0.577 bits per heavy atom. The van der Waals surface area contributed by atoms with Crippen LogP contribution in [-0.2, 0) is 16.7 Å². The molecule has 12 N–H and O–H groups in total. The van der Waals surface area contributed by atoms with Crippen molar-refractivity contribution >= 4 is 162 Å². The molecule has 104 heavy (non-hydrogen) atoms. The number of Topliss-reactive ketones (excluding diaryl/α,β-unsaturated/α-hetero) is 3. The summed E-state index contributed by atoms with van der Waals surface area (Å²) in [7, 11) is 11.2. The van der Waals surface area contributed by atoms with E-state index in [0.29, 0.717) is 11.0 Å². The Morgan fingerprint density at radius 2 is 1.06 bits per heavy atom. The second-order valence-electron chi connectivity index (χ2n) is 26.7. The van der Waals surface area contributed by atoms with E-state index in [1.165, 1.54) is 89.9 Å². The first-order valence-corrected chi connectivity index (χ1v) is 33.8. The van der Waals surface area contributed by atoms with E-state index in [2.05, 4.69) is 179 Å². The Labute approximate surface area is 638 Å². The first-order chi connectivity index (χ1) is 47.6. The molecule has 523 valence electrons. The van der Waals surface area contributed by atoms with Gasteiger partial charge in [0.1, 0.15) is 33.5 Å². The van der Waals surface area contributed by atoms with Gasteiger partial charge in [0.15, 0.2) is 17.3 Å². The molecule has 2 unspecified atom stereocenters. The number of quaternary nitrogens is 1. The van der Waals surface area contributed by atoms with Crippen LogP contribution in [0.1, 0.15) is 42.2 Å². The molecule has 3 aromatic heterocycles. The summed E-state index contributed by atoms with van der Waals surface area (Å²) < 4.78 is 34.0. The molecule has 0 fully saturated rings. The molecule has 3 radical (unpaired) electrons. The van der Waals surface area contributed by atoms with Crippen molar-refractivity contribution in [1.29, 1.82) is 0 Å². The second-order valence-corrected chi connectivity index (χ2v) is 28.1. The average molecular weight is 1460 g/mol. The Morgan fingerprint density at radius 3 is 1.59 bits per heavy atom. The molecule has 0 spiro atoms. The normalized spacial score (nSPS) is 13.8. The number of aliphatic hydroxyl groups is 2. The van der Waals surface area contributed by atoms with Gasteiger partial charge in [-0.05, 0) is 136 Å². The minimum atomic E-state index is -5.10. The SMILES string of the molecule is CN(C)c1ccc2cc3ccc(N(C)C)cc3[nH+]c2c1.CNCc1ccc2[nH+]c3cc(C)c(N)cc3nc2c1.C[N+](C)(C)CC(=O)c1ccc2ccc3cccc4ccc1c2c34.Nc1ccc2cc3ccc(N)cc3[nH+]c2c1.O=C1c2ccccc2C(=O)C2C(O)=C(O)C(S(=O)(=O)[O-])=CC12.[B].[Cl-].[Cl-].[Na+]. The van der Waals surface area contributed by atoms with E-state index in [1.807, 2.05) is 89.7 Å². The number of aryl methyl sites for hydroxylation is 1. The van der Waals surface area contributed by atoms with Crippen LogP contribution < -0.4 is 102 Å². The number of pyridine rings is 2. The van der Waals surface area contributed by atoms with Gasteiger partial charge in [0, 0.05) is 146 Å². The van der Waals surface area contributed by atoms with E-state index in [-0.39, 0.29) is 79.7 Å². The van der Waals surface area contributed by atoms with E-state index >= 15 is 0 Å². The van der Waals surface area contributed by atoms with Crippen LogP contribution in [0.2, 0.25) is 0 Å². The number of fused-ring (bicyclic) bond motifs is 8. The van der Waals surface area contributed by atoms with Gasteiger partial charge in [-0.15, -0.1) is 0 Å². The molecule has 0 amide bonds. The largest absolute Gasteiger partial charge is 1.00 e. The number of rotatable bonds is 8. The van der Waals surface area contributed by atoms with Gasteiger partial charge in [-0.25, -0.2) is 28.4 Å². The molecule has 14 aromatic rings. The number of benzene rings is 11. The molecular weight excluding hydrogens is 1380 g/mol. The number of ketones is 3. The second kappa shape index (κ2) is 32.3. The Kier molecular flexibility index (Phi) is 24.8. The first kappa shape index (κ1) is 79.7. The van der Waals surface area contributed by atoms with E-state index < -0.39 is 49.9 Å². The molecule has 2 aliphatic rings. The minimum absolute atomic E-state index is 0. The summed E-state index contributed by atoms with van der Waals surface area (Å²) in [4.78, 5) is 55.7. The number of halogens is 2. The number of carbonyl (C=O) groups excluding carboxylic acids is 3. The topological polar surface area (TPSA) is 301 Å². The Bertz CT molecular complexity index is 5710. The van der Waals surface area contributed by atoms with Crippen LogP contribution in [0.5, 0.6) is 0 Å². The number of nitrogens with zero attached hydrogens (tertiary/aromatic N) is 4. The molecule has 0 saturated heterocycles. The van der Waals surface area contributed by atoms with Crippen molar-refractivity contribution < 1.29 is 111 Å². The molecule has 19 nitrogen and oxygen atoms in total. The number of aliphatic hydroxyl groups excluding tert-OH is 2. The van der Waals surface area contributed by atoms with Gasteiger partial charge in [-0.2, -0.15) is 0 Å². The van der Waals surface area contributed by atoms with Crippen molar-refractivity contribution in [1.82, 2.24) is 10.3 Å². The molecular formula is C80H78BCl2N11NaO8S+2. The van der Waals surface area contributed by atoms with Crippen molar-refractivity contribution in [2.24, 2.45) is 11.8 Å². The van der Waals surface area contributed by atoms with Crippen molar-refractivity contribution in [2.75, 3.05) is 89.9 Å². The number of likely N-dealkylation sites (N-methyl/N-ethyl adjacent to an activating group) is 1. The summed E-state index contributed by atoms with van der Waals surface area (Å²) in [6.45, 7) is 3.35. The molecule has 0 aliphatic heterocycles. The van der Waals surface area contributed by atoms with Crippen LogP contribution >= 0.6 is 0 Å². The fourth-order valence-electron chi connectivity index (χ4n) is 12.9. The average Bonchev–Trinajstić information content (AvgIpc) is 0.742.